The van der Waals surface area contributed by atoms with Crippen molar-refractivity contribution in [3.63, 3.8) is 0 Å². The van der Waals surface area contributed by atoms with E-state index in [4.69, 9.17) is 5.73 Å². The van der Waals surface area contributed by atoms with Gasteiger partial charge in [0.15, 0.2) is 11.5 Å². The van der Waals surface area contributed by atoms with E-state index in [1.807, 2.05) is 24.1 Å². The molecule has 33 heavy (non-hydrogen) atoms. The number of hydrogen-bond acceptors (Lipinski definition) is 9. The zero-order valence-corrected chi connectivity index (χ0v) is 18.1. The van der Waals surface area contributed by atoms with E-state index in [1.165, 1.54) is 10.9 Å². The standard InChI is InChI=1S/C21H24N10O2/c1-3-17(32)30-12-4-5-16(13-30)29(2)21-26-20(18(19(22)33)27-28-21)25-14-6-8-15(9-7-14)31-23-10-11-24-31/h3,6-11,16H,1,4-5,12-13H2,2H3,(H2,22,33)(H,25,26,28)/t16-/m1/s1. The number of primary amides is 1. The predicted molar refractivity (Wildman–Crippen MR) is 121 cm³/mol. The van der Waals surface area contributed by atoms with Crippen LogP contribution in [0.15, 0.2) is 49.3 Å². The fourth-order valence-electron chi connectivity index (χ4n) is 3.65. The summed E-state index contributed by atoms with van der Waals surface area (Å²) in [5, 5.41) is 19.4. The molecule has 1 aliphatic rings. The summed E-state index contributed by atoms with van der Waals surface area (Å²) in [6.07, 6.45) is 6.22. The largest absolute Gasteiger partial charge is 0.364 e. The number of benzene rings is 1. The van der Waals surface area contributed by atoms with Gasteiger partial charge in [-0.15, -0.1) is 10.2 Å². The van der Waals surface area contributed by atoms with E-state index in [1.54, 1.807) is 29.4 Å². The molecule has 12 nitrogen and oxygen atoms in total. The van der Waals surface area contributed by atoms with Crippen molar-refractivity contribution in [1.29, 1.82) is 0 Å². The highest BCUT2D eigenvalue weighted by molar-refractivity contribution is 5.96. The molecule has 1 aromatic carbocycles. The number of carbonyl (C=O) groups excluding carboxylic acids is 2. The summed E-state index contributed by atoms with van der Waals surface area (Å²) in [6.45, 7) is 4.77. The Bertz CT molecular complexity index is 1150. The van der Waals surface area contributed by atoms with Gasteiger partial charge in [0.2, 0.25) is 11.9 Å². The number of rotatable bonds is 7. The highest BCUT2D eigenvalue weighted by atomic mass is 16.2. The fourth-order valence-corrected chi connectivity index (χ4v) is 3.65. The Morgan fingerprint density at radius 2 is 1.94 bits per heavy atom. The molecule has 3 N–H and O–H groups in total. The van der Waals surface area contributed by atoms with Crippen LogP contribution >= 0.6 is 0 Å². The minimum atomic E-state index is -0.746. The van der Waals surface area contributed by atoms with Crippen LogP contribution in [0.4, 0.5) is 17.5 Å². The molecular formula is C21H24N10O2. The summed E-state index contributed by atoms with van der Waals surface area (Å²) < 4.78 is 0. The maximum atomic E-state index is 12.0. The Morgan fingerprint density at radius 3 is 2.61 bits per heavy atom. The molecule has 2 aromatic heterocycles. The number of nitrogens with two attached hydrogens (primary N) is 1. The van der Waals surface area contributed by atoms with Crippen LogP contribution in [0.5, 0.6) is 0 Å². The Balaban J connectivity index is 1.56. The third kappa shape index (κ3) is 4.79. The maximum Gasteiger partial charge on any atom is 0.273 e. The summed E-state index contributed by atoms with van der Waals surface area (Å²) in [5.74, 6) is -0.339. The first kappa shape index (κ1) is 21.9. The Kier molecular flexibility index (Phi) is 6.24. The molecule has 12 heteroatoms. The Labute approximate surface area is 190 Å². The predicted octanol–water partition coefficient (Wildman–Crippen LogP) is 0.908. The van der Waals surface area contributed by atoms with Crippen molar-refractivity contribution in [2.45, 2.75) is 18.9 Å². The third-order valence-electron chi connectivity index (χ3n) is 5.43. The molecule has 2 amide bonds. The van der Waals surface area contributed by atoms with Crippen molar-refractivity contribution in [3.05, 3.63) is 55.0 Å². The molecule has 3 aromatic rings. The first-order valence-electron chi connectivity index (χ1n) is 10.4. The number of amides is 2. The molecule has 0 aliphatic carbocycles. The molecule has 0 saturated carbocycles. The van der Waals surface area contributed by atoms with Crippen LogP contribution < -0.4 is 16.0 Å². The summed E-state index contributed by atoms with van der Waals surface area (Å²) in [4.78, 5) is 33.5. The van der Waals surface area contributed by atoms with Crippen molar-refractivity contribution < 1.29 is 9.59 Å². The number of piperidine rings is 1. The second-order valence-electron chi connectivity index (χ2n) is 7.56. The third-order valence-corrected chi connectivity index (χ3v) is 5.43. The van der Waals surface area contributed by atoms with Gasteiger partial charge in [0.1, 0.15) is 0 Å². The molecule has 0 unspecified atom stereocenters. The lowest BCUT2D eigenvalue weighted by atomic mass is 10.0. The number of likely N-dealkylation sites (N-methyl/N-ethyl adjacent to an activating group) is 1. The van der Waals surface area contributed by atoms with E-state index in [0.29, 0.717) is 24.7 Å². The van der Waals surface area contributed by atoms with Crippen molar-refractivity contribution in [1.82, 2.24) is 35.1 Å². The second kappa shape index (κ2) is 9.42. The van der Waals surface area contributed by atoms with E-state index in [0.717, 1.165) is 18.5 Å². The number of carbonyl (C=O) groups is 2. The molecular weight excluding hydrogens is 424 g/mol. The van der Waals surface area contributed by atoms with Gasteiger partial charge < -0.3 is 20.9 Å². The Hall–Kier alpha value is -4.35. The number of likely N-dealkylation sites (tertiary alicyclic amines) is 1. The quantitative estimate of drug-likeness (QED) is 0.503. The van der Waals surface area contributed by atoms with Crippen molar-refractivity contribution in [2.24, 2.45) is 5.73 Å². The number of anilines is 3. The molecule has 1 saturated heterocycles. The van der Waals surface area contributed by atoms with Gasteiger partial charge in [-0.05, 0) is 43.2 Å². The molecule has 0 radical (unpaired) electrons. The minimum absolute atomic E-state index is 0.00224. The van der Waals surface area contributed by atoms with Gasteiger partial charge in [-0.25, -0.2) is 0 Å². The van der Waals surface area contributed by atoms with Crippen LogP contribution in [-0.2, 0) is 4.79 Å². The van der Waals surface area contributed by atoms with Gasteiger partial charge in [0.05, 0.1) is 18.1 Å². The SMILES string of the molecule is C=CC(=O)N1CCC[C@@H](N(C)c2nnc(C(N)=O)c(Nc3ccc(-n4nccn4)cc3)n2)C1. The summed E-state index contributed by atoms with van der Waals surface area (Å²) in [7, 11) is 1.84. The van der Waals surface area contributed by atoms with E-state index in [9.17, 15) is 9.59 Å². The first-order valence-corrected chi connectivity index (χ1v) is 10.4. The van der Waals surface area contributed by atoms with Crippen LogP contribution in [0.2, 0.25) is 0 Å². The van der Waals surface area contributed by atoms with Crippen molar-refractivity contribution >= 4 is 29.3 Å². The smallest absolute Gasteiger partial charge is 0.273 e. The summed E-state index contributed by atoms with van der Waals surface area (Å²) in [5.41, 5.74) is 6.86. The van der Waals surface area contributed by atoms with Gasteiger partial charge in [-0.1, -0.05) is 6.58 Å². The van der Waals surface area contributed by atoms with E-state index >= 15 is 0 Å². The zero-order valence-electron chi connectivity index (χ0n) is 18.1. The molecule has 170 valence electrons. The molecule has 4 rings (SSSR count). The van der Waals surface area contributed by atoms with Gasteiger partial charge in [0.25, 0.3) is 5.91 Å². The molecule has 1 atom stereocenters. The molecule has 0 bridgehead atoms. The monoisotopic (exact) mass is 448 g/mol. The summed E-state index contributed by atoms with van der Waals surface area (Å²) in [6, 6.07) is 7.24. The fraction of sp³-hybridized carbons (Fsp3) is 0.286. The maximum absolute atomic E-state index is 12.0. The lowest BCUT2D eigenvalue weighted by Crippen LogP contribution is -2.48. The van der Waals surface area contributed by atoms with Gasteiger partial charge in [-0.2, -0.15) is 20.0 Å². The van der Waals surface area contributed by atoms with E-state index in [2.05, 4.69) is 37.3 Å². The topological polar surface area (TPSA) is 148 Å². The normalized spacial score (nSPS) is 15.7. The van der Waals surface area contributed by atoms with E-state index < -0.39 is 5.91 Å². The van der Waals surface area contributed by atoms with Crippen LogP contribution in [0.1, 0.15) is 23.3 Å². The highest BCUT2D eigenvalue weighted by Crippen LogP contribution is 2.23. The molecule has 1 aliphatic heterocycles. The average Bonchev–Trinajstić information content (AvgIpc) is 3.38. The van der Waals surface area contributed by atoms with Crippen molar-refractivity contribution in [3.8, 4) is 5.69 Å². The van der Waals surface area contributed by atoms with Crippen LogP contribution in [-0.4, -0.2) is 73.1 Å². The number of aromatic nitrogens is 6. The lowest BCUT2D eigenvalue weighted by Gasteiger charge is -2.37. The van der Waals surface area contributed by atoms with Crippen LogP contribution in [0.25, 0.3) is 5.69 Å². The van der Waals surface area contributed by atoms with Gasteiger partial charge in [0, 0.05) is 31.9 Å². The zero-order chi connectivity index (χ0) is 23.4. The highest BCUT2D eigenvalue weighted by Gasteiger charge is 2.27. The molecule has 1 fully saturated rings. The van der Waals surface area contributed by atoms with E-state index in [-0.39, 0.29) is 23.5 Å². The number of hydrogen-bond donors (Lipinski definition) is 2. The molecule has 0 spiro atoms. The van der Waals surface area contributed by atoms with Crippen molar-refractivity contribution in [2.75, 3.05) is 30.4 Å². The average molecular weight is 448 g/mol. The van der Waals surface area contributed by atoms with Crippen LogP contribution in [0, 0.1) is 0 Å². The second-order valence-corrected chi connectivity index (χ2v) is 7.56. The first-order chi connectivity index (χ1) is 16.0. The minimum Gasteiger partial charge on any atom is -0.364 e. The molecule has 3 heterocycles. The number of nitrogens with zero attached hydrogens (tertiary/aromatic N) is 8. The lowest BCUT2D eigenvalue weighted by molar-refractivity contribution is -0.127. The van der Waals surface area contributed by atoms with Gasteiger partial charge in [-0.3, -0.25) is 9.59 Å². The Morgan fingerprint density at radius 1 is 1.21 bits per heavy atom. The summed E-state index contributed by atoms with van der Waals surface area (Å²) >= 11 is 0. The van der Waals surface area contributed by atoms with Crippen LogP contribution in [0.3, 0.4) is 0 Å². The van der Waals surface area contributed by atoms with Gasteiger partial charge >= 0.3 is 0 Å². The number of nitrogens with one attached hydrogen (secondary N) is 1.